The average molecular weight is 205 g/mol. The van der Waals surface area contributed by atoms with Gasteiger partial charge >= 0.3 is 0 Å². The number of hydrogen-bond acceptors (Lipinski definition) is 2. The van der Waals surface area contributed by atoms with Gasteiger partial charge in [0.1, 0.15) is 0 Å². The number of hydrogen-bond donors (Lipinski definition) is 0. The van der Waals surface area contributed by atoms with Gasteiger partial charge in [0.05, 0.1) is 12.5 Å². The standard InChI is InChI=1S/C12H15NS/c1-12(2,14-3)11-6-4-10(5-7-11)8-9-13/h4-7H,8H2,1-3H3. The van der Waals surface area contributed by atoms with Crippen molar-refractivity contribution in [2.45, 2.75) is 25.0 Å². The van der Waals surface area contributed by atoms with Crippen molar-refractivity contribution in [1.82, 2.24) is 0 Å². The van der Waals surface area contributed by atoms with E-state index in [1.165, 1.54) is 5.56 Å². The fraction of sp³-hybridized carbons (Fsp3) is 0.417. The summed E-state index contributed by atoms with van der Waals surface area (Å²) in [5.74, 6) is 0. The van der Waals surface area contributed by atoms with Crippen LogP contribution in [0.25, 0.3) is 0 Å². The summed E-state index contributed by atoms with van der Waals surface area (Å²) in [7, 11) is 0. The van der Waals surface area contributed by atoms with Crippen LogP contribution in [0.5, 0.6) is 0 Å². The maximum Gasteiger partial charge on any atom is 0.0669 e. The molecule has 0 radical (unpaired) electrons. The van der Waals surface area contributed by atoms with E-state index in [0.717, 1.165) is 5.56 Å². The molecule has 0 N–H and O–H groups in total. The van der Waals surface area contributed by atoms with E-state index < -0.39 is 0 Å². The summed E-state index contributed by atoms with van der Waals surface area (Å²) >= 11 is 1.83. The van der Waals surface area contributed by atoms with Gasteiger partial charge in [-0.1, -0.05) is 24.3 Å². The van der Waals surface area contributed by atoms with E-state index in [1.54, 1.807) is 0 Å². The second-order valence-corrected chi connectivity index (χ2v) is 5.18. The van der Waals surface area contributed by atoms with Gasteiger partial charge in [0, 0.05) is 4.75 Å². The van der Waals surface area contributed by atoms with Crippen LogP contribution in [0.3, 0.4) is 0 Å². The Hall–Kier alpha value is -0.940. The van der Waals surface area contributed by atoms with Crippen LogP contribution in [-0.4, -0.2) is 6.26 Å². The number of nitrogens with zero attached hydrogens (tertiary/aromatic N) is 1. The van der Waals surface area contributed by atoms with Crippen molar-refractivity contribution in [1.29, 1.82) is 5.26 Å². The molecule has 0 bridgehead atoms. The molecule has 1 aromatic rings. The first-order valence-electron chi connectivity index (χ1n) is 4.61. The second kappa shape index (κ2) is 4.52. The monoisotopic (exact) mass is 205 g/mol. The van der Waals surface area contributed by atoms with E-state index in [1.807, 2.05) is 23.9 Å². The molecule has 0 saturated heterocycles. The van der Waals surface area contributed by atoms with Gasteiger partial charge in [-0.25, -0.2) is 0 Å². The van der Waals surface area contributed by atoms with Gasteiger partial charge < -0.3 is 0 Å². The highest BCUT2D eigenvalue weighted by molar-refractivity contribution is 7.99. The Morgan fingerprint density at radius 1 is 1.29 bits per heavy atom. The van der Waals surface area contributed by atoms with Gasteiger partial charge in [-0.2, -0.15) is 17.0 Å². The molecule has 0 fully saturated rings. The molecule has 14 heavy (non-hydrogen) atoms. The minimum Gasteiger partial charge on any atom is -0.198 e. The Morgan fingerprint density at radius 2 is 1.86 bits per heavy atom. The number of thioether (sulfide) groups is 1. The molecule has 0 aromatic heterocycles. The van der Waals surface area contributed by atoms with Crippen LogP contribution in [0.15, 0.2) is 24.3 Å². The van der Waals surface area contributed by atoms with Gasteiger partial charge in [0.25, 0.3) is 0 Å². The van der Waals surface area contributed by atoms with Crippen LogP contribution < -0.4 is 0 Å². The molecule has 0 aliphatic heterocycles. The van der Waals surface area contributed by atoms with Crippen molar-refractivity contribution in [3.63, 3.8) is 0 Å². The summed E-state index contributed by atoms with van der Waals surface area (Å²) < 4.78 is 0.158. The lowest BCUT2D eigenvalue weighted by molar-refractivity contribution is 0.784. The lowest BCUT2D eigenvalue weighted by Crippen LogP contribution is -2.10. The van der Waals surface area contributed by atoms with Gasteiger partial charge in [-0.3, -0.25) is 0 Å². The largest absolute Gasteiger partial charge is 0.198 e. The summed E-state index contributed by atoms with van der Waals surface area (Å²) in [5, 5.41) is 8.54. The maximum absolute atomic E-state index is 8.54. The minimum absolute atomic E-state index is 0.158. The van der Waals surface area contributed by atoms with Crippen molar-refractivity contribution in [2.75, 3.05) is 6.26 Å². The van der Waals surface area contributed by atoms with Crippen LogP contribution in [0.2, 0.25) is 0 Å². The quantitative estimate of drug-likeness (QED) is 0.755. The maximum atomic E-state index is 8.54. The molecule has 0 atom stereocenters. The molecule has 0 heterocycles. The van der Waals surface area contributed by atoms with Gasteiger partial charge in [0.2, 0.25) is 0 Å². The van der Waals surface area contributed by atoms with Crippen molar-refractivity contribution in [2.24, 2.45) is 0 Å². The highest BCUT2D eigenvalue weighted by Gasteiger charge is 2.17. The molecule has 0 aliphatic carbocycles. The second-order valence-electron chi connectivity index (χ2n) is 3.75. The third-order valence-corrected chi connectivity index (χ3v) is 3.70. The number of benzene rings is 1. The zero-order chi connectivity index (χ0) is 10.6. The van der Waals surface area contributed by atoms with Crippen LogP contribution in [0, 0.1) is 11.3 Å². The molecule has 0 spiro atoms. The molecule has 1 nitrogen and oxygen atoms in total. The highest BCUT2D eigenvalue weighted by Crippen LogP contribution is 2.33. The summed E-state index contributed by atoms with van der Waals surface area (Å²) in [6.45, 7) is 4.41. The molecule has 74 valence electrons. The Kier molecular flexibility index (Phi) is 3.60. The molecular weight excluding hydrogens is 190 g/mol. The van der Waals surface area contributed by atoms with E-state index in [2.05, 4.69) is 38.3 Å². The third kappa shape index (κ3) is 2.52. The summed E-state index contributed by atoms with van der Waals surface area (Å²) in [6.07, 6.45) is 2.61. The zero-order valence-electron chi connectivity index (χ0n) is 8.87. The highest BCUT2D eigenvalue weighted by atomic mass is 32.2. The van der Waals surface area contributed by atoms with Crippen molar-refractivity contribution >= 4 is 11.8 Å². The van der Waals surface area contributed by atoms with Gasteiger partial charge in [-0.05, 0) is 31.2 Å². The van der Waals surface area contributed by atoms with Gasteiger partial charge in [-0.15, -0.1) is 0 Å². The number of nitriles is 1. The predicted molar refractivity (Wildman–Crippen MR) is 62.3 cm³/mol. The minimum atomic E-state index is 0.158. The van der Waals surface area contributed by atoms with Crippen molar-refractivity contribution in [3.8, 4) is 6.07 Å². The van der Waals surface area contributed by atoms with E-state index in [-0.39, 0.29) is 4.75 Å². The van der Waals surface area contributed by atoms with Crippen LogP contribution in [0.1, 0.15) is 25.0 Å². The van der Waals surface area contributed by atoms with E-state index in [0.29, 0.717) is 6.42 Å². The Morgan fingerprint density at radius 3 is 2.29 bits per heavy atom. The van der Waals surface area contributed by atoms with Crippen LogP contribution in [0.4, 0.5) is 0 Å². The molecule has 0 saturated carbocycles. The van der Waals surface area contributed by atoms with Crippen LogP contribution in [-0.2, 0) is 11.2 Å². The Labute approximate surface area is 90.1 Å². The average Bonchev–Trinajstić information content (AvgIpc) is 2.19. The smallest absolute Gasteiger partial charge is 0.0669 e. The van der Waals surface area contributed by atoms with Gasteiger partial charge in [0.15, 0.2) is 0 Å². The molecule has 0 unspecified atom stereocenters. The first-order valence-corrected chi connectivity index (χ1v) is 5.84. The lowest BCUT2D eigenvalue weighted by Gasteiger charge is -2.22. The molecule has 1 aromatic carbocycles. The zero-order valence-corrected chi connectivity index (χ0v) is 9.69. The predicted octanol–water partition coefficient (Wildman–Crippen LogP) is 3.35. The normalized spacial score (nSPS) is 11.0. The number of rotatable bonds is 3. The van der Waals surface area contributed by atoms with E-state index in [4.69, 9.17) is 5.26 Å². The lowest BCUT2D eigenvalue weighted by atomic mass is 10.0. The van der Waals surface area contributed by atoms with E-state index in [9.17, 15) is 0 Å². The summed E-state index contributed by atoms with van der Waals surface area (Å²) in [6, 6.07) is 10.5. The molecule has 2 heteroatoms. The molecular formula is C12H15NS. The summed E-state index contributed by atoms with van der Waals surface area (Å²) in [5.41, 5.74) is 2.40. The topological polar surface area (TPSA) is 23.8 Å². The molecule has 0 aliphatic rings. The Bertz CT molecular complexity index is 332. The SMILES string of the molecule is CSC(C)(C)c1ccc(CC#N)cc1. The van der Waals surface area contributed by atoms with Crippen molar-refractivity contribution in [3.05, 3.63) is 35.4 Å². The first-order chi connectivity index (χ1) is 6.60. The first kappa shape index (κ1) is 11.1. The Balaban J connectivity index is 2.89. The molecule has 0 amide bonds. The van der Waals surface area contributed by atoms with Crippen molar-refractivity contribution < 1.29 is 0 Å². The molecule has 1 rings (SSSR count). The van der Waals surface area contributed by atoms with Crippen LogP contribution >= 0.6 is 11.8 Å². The van der Waals surface area contributed by atoms with E-state index >= 15 is 0 Å². The summed E-state index contributed by atoms with van der Waals surface area (Å²) in [4.78, 5) is 0. The fourth-order valence-electron chi connectivity index (χ4n) is 1.23. The fourth-order valence-corrected chi connectivity index (χ4v) is 1.60. The third-order valence-electron chi connectivity index (χ3n) is 2.44.